The first kappa shape index (κ1) is 13.1. The standard InChI is InChI=1S/C15H18N2O3/c18-14(10-16-7-13(8-16)15(19)20)17-6-5-11-3-1-2-4-12(11)9-17/h1-4,13H,5-10H2,(H,19,20). The van der Waals surface area contributed by atoms with Crippen molar-refractivity contribution >= 4 is 11.9 Å². The number of amides is 1. The molecule has 5 nitrogen and oxygen atoms in total. The van der Waals surface area contributed by atoms with Crippen LogP contribution in [0.1, 0.15) is 11.1 Å². The van der Waals surface area contributed by atoms with Crippen molar-refractivity contribution in [1.29, 1.82) is 0 Å². The number of carbonyl (C=O) groups excluding carboxylic acids is 1. The summed E-state index contributed by atoms with van der Waals surface area (Å²) in [6, 6.07) is 8.21. The van der Waals surface area contributed by atoms with Gasteiger partial charge in [-0.3, -0.25) is 14.5 Å². The third-order valence-corrected chi connectivity index (χ3v) is 4.15. The highest BCUT2D eigenvalue weighted by Gasteiger charge is 2.34. The van der Waals surface area contributed by atoms with Gasteiger partial charge in [0, 0.05) is 26.2 Å². The summed E-state index contributed by atoms with van der Waals surface area (Å²) in [5.41, 5.74) is 2.55. The third-order valence-electron chi connectivity index (χ3n) is 4.15. The summed E-state index contributed by atoms with van der Waals surface area (Å²) in [5, 5.41) is 8.82. The van der Waals surface area contributed by atoms with Crippen molar-refractivity contribution in [2.45, 2.75) is 13.0 Å². The van der Waals surface area contributed by atoms with Gasteiger partial charge in [0.1, 0.15) is 0 Å². The highest BCUT2D eigenvalue weighted by molar-refractivity contribution is 5.79. The van der Waals surface area contributed by atoms with E-state index in [1.807, 2.05) is 21.9 Å². The molecule has 2 aliphatic heterocycles. The molecule has 5 heteroatoms. The van der Waals surface area contributed by atoms with Crippen LogP contribution >= 0.6 is 0 Å². The molecule has 0 atom stereocenters. The van der Waals surface area contributed by atoms with Gasteiger partial charge in [0.15, 0.2) is 0 Å². The molecule has 0 aromatic heterocycles. The Balaban J connectivity index is 1.54. The van der Waals surface area contributed by atoms with Gasteiger partial charge in [-0.15, -0.1) is 0 Å². The molecule has 3 rings (SSSR count). The number of carboxylic acids is 1. The summed E-state index contributed by atoms with van der Waals surface area (Å²) in [6.45, 7) is 2.75. The minimum Gasteiger partial charge on any atom is -0.481 e. The average molecular weight is 274 g/mol. The van der Waals surface area contributed by atoms with E-state index in [2.05, 4.69) is 12.1 Å². The van der Waals surface area contributed by atoms with E-state index < -0.39 is 5.97 Å². The molecule has 1 amide bonds. The molecule has 0 saturated carbocycles. The zero-order chi connectivity index (χ0) is 14.1. The van der Waals surface area contributed by atoms with Gasteiger partial charge in [-0.25, -0.2) is 0 Å². The number of fused-ring (bicyclic) bond motifs is 1. The van der Waals surface area contributed by atoms with Crippen molar-refractivity contribution in [2.75, 3.05) is 26.2 Å². The van der Waals surface area contributed by atoms with Crippen LogP contribution in [0.4, 0.5) is 0 Å². The van der Waals surface area contributed by atoms with E-state index in [9.17, 15) is 9.59 Å². The molecular formula is C15H18N2O3. The van der Waals surface area contributed by atoms with Crippen LogP contribution in [0.3, 0.4) is 0 Å². The Morgan fingerprint density at radius 1 is 1.20 bits per heavy atom. The van der Waals surface area contributed by atoms with E-state index in [4.69, 9.17) is 5.11 Å². The lowest BCUT2D eigenvalue weighted by atomic mass is 9.99. The van der Waals surface area contributed by atoms with Crippen LogP contribution in [0, 0.1) is 5.92 Å². The molecule has 1 N–H and O–H groups in total. The van der Waals surface area contributed by atoms with Gasteiger partial charge >= 0.3 is 5.97 Å². The van der Waals surface area contributed by atoms with Crippen molar-refractivity contribution in [3.63, 3.8) is 0 Å². The quantitative estimate of drug-likeness (QED) is 0.876. The van der Waals surface area contributed by atoms with E-state index in [0.717, 1.165) is 13.0 Å². The molecule has 0 radical (unpaired) electrons. The number of carboxylic acid groups (broad SMARTS) is 1. The minimum absolute atomic E-state index is 0.100. The van der Waals surface area contributed by atoms with E-state index in [1.165, 1.54) is 11.1 Å². The van der Waals surface area contributed by atoms with Crippen LogP contribution < -0.4 is 0 Å². The molecular weight excluding hydrogens is 256 g/mol. The van der Waals surface area contributed by atoms with Crippen molar-refractivity contribution in [1.82, 2.24) is 9.80 Å². The van der Waals surface area contributed by atoms with E-state index in [0.29, 0.717) is 26.2 Å². The van der Waals surface area contributed by atoms with Gasteiger partial charge < -0.3 is 10.0 Å². The molecule has 1 fully saturated rings. The lowest BCUT2D eigenvalue weighted by molar-refractivity contribution is -0.150. The van der Waals surface area contributed by atoms with Crippen LogP contribution in [0.15, 0.2) is 24.3 Å². The molecule has 1 saturated heterocycles. The number of carbonyl (C=O) groups is 2. The van der Waals surface area contributed by atoms with Crippen LogP contribution in [-0.4, -0.2) is 53.0 Å². The molecule has 20 heavy (non-hydrogen) atoms. The van der Waals surface area contributed by atoms with Gasteiger partial charge in [0.25, 0.3) is 0 Å². The predicted molar refractivity (Wildman–Crippen MR) is 73.1 cm³/mol. The van der Waals surface area contributed by atoms with Gasteiger partial charge in [-0.1, -0.05) is 24.3 Å². The highest BCUT2D eigenvalue weighted by Crippen LogP contribution is 2.20. The fraction of sp³-hybridized carbons (Fsp3) is 0.467. The van der Waals surface area contributed by atoms with Crippen molar-refractivity contribution in [3.8, 4) is 0 Å². The molecule has 2 aliphatic rings. The molecule has 0 bridgehead atoms. The summed E-state index contributed by atoms with van der Waals surface area (Å²) in [6.07, 6.45) is 0.902. The second-order valence-corrected chi connectivity index (χ2v) is 5.56. The largest absolute Gasteiger partial charge is 0.481 e. The number of nitrogens with zero attached hydrogens (tertiary/aromatic N) is 2. The van der Waals surface area contributed by atoms with Crippen molar-refractivity contribution < 1.29 is 14.7 Å². The lowest BCUT2D eigenvalue weighted by Crippen LogP contribution is -2.54. The molecule has 0 unspecified atom stereocenters. The molecule has 0 spiro atoms. The van der Waals surface area contributed by atoms with E-state index >= 15 is 0 Å². The fourth-order valence-corrected chi connectivity index (χ4v) is 2.86. The maximum Gasteiger partial charge on any atom is 0.309 e. The van der Waals surface area contributed by atoms with E-state index in [-0.39, 0.29) is 11.8 Å². The Hall–Kier alpha value is -1.88. The molecule has 1 aromatic rings. The Labute approximate surface area is 117 Å². The van der Waals surface area contributed by atoms with Crippen molar-refractivity contribution in [2.24, 2.45) is 5.92 Å². The number of benzene rings is 1. The Kier molecular flexibility index (Phi) is 3.44. The second-order valence-electron chi connectivity index (χ2n) is 5.56. The smallest absolute Gasteiger partial charge is 0.309 e. The molecule has 0 aliphatic carbocycles. The Morgan fingerprint density at radius 2 is 1.90 bits per heavy atom. The second kappa shape index (κ2) is 5.25. The van der Waals surface area contributed by atoms with Crippen LogP contribution in [0.5, 0.6) is 0 Å². The van der Waals surface area contributed by atoms with Crippen molar-refractivity contribution in [3.05, 3.63) is 35.4 Å². The zero-order valence-electron chi connectivity index (χ0n) is 11.3. The first-order valence-electron chi connectivity index (χ1n) is 6.93. The number of hydrogen-bond donors (Lipinski definition) is 1. The SMILES string of the molecule is O=C(O)C1CN(CC(=O)N2CCc3ccccc3C2)C1. The fourth-order valence-electron chi connectivity index (χ4n) is 2.86. The number of aliphatic carboxylic acids is 1. The first-order chi connectivity index (χ1) is 9.63. The summed E-state index contributed by atoms with van der Waals surface area (Å²) >= 11 is 0. The summed E-state index contributed by atoms with van der Waals surface area (Å²) in [7, 11) is 0. The highest BCUT2D eigenvalue weighted by atomic mass is 16.4. The van der Waals surface area contributed by atoms with Gasteiger partial charge in [-0.05, 0) is 17.5 Å². The van der Waals surface area contributed by atoms with Gasteiger partial charge in [0.05, 0.1) is 12.5 Å². The molecule has 2 heterocycles. The predicted octanol–water partition coefficient (Wildman–Crippen LogP) is 0.588. The maximum atomic E-state index is 12.2. The Bertz CT molecular complexity index is 538. The van der Waals surface area contributed by atoms with Crippen LogP contribution in [0.25, 0.3) is 0 Å². The van der Waals surface area contributed by atoms with E-state index in [1.54, 1.807) is 0 Å². The minimum atomic E-state index is -0.763. The van der Waals surface area contributed by atoms with Crippen LogP contribution in [0.2, 0.25) is 0 Å². The number of likely N-dealkylation sites (tertiary alicyclic amines) is 1. The number of rotatable bonds is 3. The zero-order valence-corrected chi connectivity index (χ0v) is 11.3. The lowest BCUT2D eigenvalue weighted by Gasteiger charge is -2.38. The third kappa shape index (κ3) is 2.54. The topological polar surface area (TPSA) is 60.9 Å². The maximum absolute atomic E-state index is 12.2. The average Bonchev–Trinajstić information content (AvgIpc) is 2.41. The van der Waals surface area contributed by atoms with Gasteiger partial charge in [0.2, 0.25) is 5.91 Å². The van der Waals surface area contributed by atoms with Gasteiger partial charge in [-0.2, -0.15) is 0 Å². The summed E-state index contributed by atoms with van der Waals surface area (Å²) in [4.78, 5) is 26.7. The monoisotopic (exact) mass is 274 g/mol. The molecule has 106 valence electrons. The number of hydrogen-bond acceptors (Lipinski definition) is 3. The normalized spacial score (nSPS) is 19.3. The van der Waals surface area contributed by atoms with Crippen LogP contribution in [-0.2, 0) is 22.6 Å². The Morgan fingerprint density at radius 3 is 2.60 bits per heavy atom. The first-order valence-corrected chi connectivity index (χ1v) is 6.93. The summed E-state index contributed by atoms with van der Waals surface area (Å²) < 4.78 is 0. The molecule has 1 aromatic carbocycles. The summed E-state index contributed by atoms with van der Waals surface area (Å²) in [5.74, 6) is -0.964.